The first-order valence-electron chi connectivity index (χ1n) is 11.0. The number of hydrogen-bond acceptors (Lipinski definition) is 5. The molecule has 0 bridgehead atoms. The summed E-state index contributed by atoms with van der Waals surface area (Å²) in [6.45, 7) is 0.171. The highest BCUT2D eigenvalue weighted by atomic mass is 32.2. The molecule has 190 valence electrons. The molecule has 0 atom stereocenters. The molecular formula is C25H20F3N5O3S. The SMILES string of the molecule is Cn1cc(C(F)(F)F)nc1-c1ccc(Cn2c(=O)[nH]c3cnc(-c4ccccc4S(C)(=O)=O)cc32)cc1. The second-order valence-electron chi connectivity index (χ2n) is 8.63. The van der Waals surface area contributed by atoms with E-state index in [-0.39, 0.29) is 23.0 Å². The zero-order valence-corrected chi connectivity index (χ0v) is 20.4. The van der Waals surface area contributed by atoms with E-state index in [9.17, 15) is 26.4 Å². The smallest absolute Gasteiger partial charge is 0.333 e. The number of sulfone groups is 1. The molecular weight excluding hydrogens is 507 g/mol. The van der Waals surface area contributed by atoms with Gasteiger partial charge in [0.2, 0.25) is 0 Å². The van der Waals surface area contributed by atoms with E-state index in [2.05, 4.69) is 15.0 Å². The Bertz CT molecular complexity index is 1800. The van der Waals surface area contributed by atoms with Crippen molar-refractivity contribution in [1.82, 2.24) is 24.1 Å². The predicted molar refractivity (Wildman–Crippen MR) is 132 cm³/mol. The Kier molecular flexibility index (Phi) is 5.78. The summed E-state index contributed by atoms with van der Waals surface area (Å²) in [5, 5.41) is 0. The average molecular weight is 528 g/mol. The van der Waals surface area contributed by atoms with Crippen LogP contribution in [0.5, 0.6) is 0 Å². The largest absolute Gasteiger partial charge is 0.434 e. The summed E-state index contributed by atoms with van der Waals surface area (Å²) in [6, 6.07) is 14.9. The van der Waals surface area contributed by atoms with Crippen LogP contribution in [0, 0.1) is 0 Å². The number of hydrogen-bond donors (Lipinski definition) is 1. The highest BCUT2D eigenvalue weighted by molar-refractivity contribution is 7.90. The lowest BCUT2D eigenvalue weighted by Crippen LogP contribution is -2.17. The van der Waals surface area contributed by atoms with Gasteiger partial charge in [-0.05, 0) is 17.7 Å². The number of nitrogens with zero attached hydrogens (tertiary/aromatic N) is 4. The molecule has 5 aromatic rings. The molecule has 0 aliphatic carbocycles. The van der Waals surface area contributed by atoms with Gasteiger partial charge in [-0.2, -0.15) is 13.2 Å². The molecule has 0 amide bonds. The van der Waals surface area contributed by atoms with E-state index in [4.69, 9.17) is 0 Å². The number of benzene rings is 2. The highest BCUT2D eigenvalue weighted by Crippen LogP contribution is 2.31. The summed E-state index contributed by atoms with van der Waals surface area (Å²) in [5.41, 5.74) is 1.70. The van der Waals surface area contributed by atoms with Gasteiger partial charge in [0.15, 0.2) is 15.5 Å². The van der Waals surface area contributed by atoms with Crippen molar-refractivity contribution >= 4 is 20.9 Å². The quantitative estimate of drug-likeness (QED) is 0.368. The molecule has 0 aliphatic rings. The van der Waals surface area contributed by atoms with Crippen molar-refractivity contribution in [2.24, 2.45) is 7.05 Å². The molecule has 8 nitrogen and oxygen atoms in total. The number of halogens is 3. The Morgan fingerprint density at radius 1 is 1.05 bits per heavy atom. The molecule has 0 spiro atoms. The number of pyridine rings is 1. The number of alkyl halides is 3. The Morgan fingerprint density at radius 3 is 2.41 bits per heavy atom. The number of H-pyrrole nitrogens is 1. The van der Waals surface area contributed by atoms with Crippen molar-refractivity contribution in [3.63, 3.8) is 0 Å². The summed E-state index contributed by atoms with van der Waals surface area (Å²) in [4.78, 5) is 23.6. The second kappa shape index (κ2) is 8.73. The predicted octanol–water partition coefficient (Wildman–Crippen LogP) is 4.26. The molecule has 0 saturated heterocycles. The second-order valence-corrected chi connectivity index (χ2v) is 10.6. The Balaban J connectivity index is 1.50. The molecule has 3 heterocycles. The summed E-state index contributed by atoms with van der Waals surface area (Å²) >= 11 is 0. The first-order valence-corrected chi connectivity index (χ1v) is 12.9. The lowest BCUT2D eigenvalue weighted by molar-refractivity contribution is -0.140. The van der Waals surface area contributed by atoms with E-state index in [1.54, 1.807) is 48.5 Å². The Labute approximate surface area is 209 Å². The van der Waals surface area contributed by atoms with Gasteiger partial charge in [0.1, 0.15) is 5.82 Å². The van der Waals surface area contributed by atoms with Gasteiger partial charge in [-0.1, -0.05) is 42.5 Å². The van der Waals surface area contributed by atoms with Crippen molar-refractivity contribution in [2.45, 2.75) is 17.6 Å². The van der Waals surface area contributed by atoms with Crippen LogP contribution in [0.4, 0.5) is 13.2 Å². The van der Waals surface area contributed by atoms with Crippen LogP contribution in [-0.4, -0.2) is 38.8 Å². The van der Waals surface area contributed by atoms with Crippen molar-refractivity contribution in [1.29, 1.82) is 0 Å². The third kappa shape index (κ3) is 4.67. The number of aryl methyl sites for hydroxylation is 1. The first kappa shape index (κ1) is 24.5. The number of nitrogens with one attached hydrogen (secondary N) is 1. The van der Waals surface area contributed by atoms with Gasteiger partial charge in [-0.3, -0.25) is 9.55 Å². The molecule has 0 saturated carbocycles. The third-order valence-corrected chi connectivity index (χ3v) is 7.10. The molecule has 0 unspecified atom stereocenters. The molecule has 2 aromatic carbocycles. The van der Waals surface area contributed by atoms with E-state index in [1.165, 1.54) is 28.4 Å². The first-order chi connectivity index (χ1) is 17.4. The molecule has 37 heavy (non-hydrogen) atoms. The van der Waals surface area contributed by atoms with Gasteiger partial charge >= 0.3 is 11.9 Å². The topological polar surface area (TPSA) is 103 Å². The fraction of sp³-hybridized carbons (Fsp3) is 0.160. The maximum absolute atomic E-state index is 13.0. The molecule has 0 radical (unpaired) electrons. The van der Waals surface area contributed by atoms with Gasteiger partial charge in [-0.25, -0.2) is 18.2 Å². The molecule has 12 heteroatoms. The zero-order valence-electron chi connectivity index (χ0n) is 19.6. The zero-order chi connectivity index (χ0) is 26.5. The van der Waals surface area contributed by atoms with E-state index >= 15 is 0 Å². The number of imidazole rings is 2. The summed E-state index contributed by atoms with van der Waals surface area (Å²) < 4.78 is 66.3. The normalized spacial score (nSPS) is 12.4. The molecule has 3 aromatic heterocycles. The van der Waals surface area contributed by atoms with Crippen LogP contribution in [0.15, 0.2) is 76.7 Å². The van der Waals surface area contributed by atoms with Gasteiger partial charge in [0.05, 0.1) is 34.4 Å². The maximum atomic E-state index is 13.0. The minimum absolute atomic E-state index is 0.129. The number of aromatic amines is 1. The third-order valence-electron chi connectivity index (χ3n) is 5.94. The van der Waals surface area contributed by atoms with Crippen LogP contribution in [0.2, 0.25) is 0 Å². The molecule has 0 aliphatic heterocycles. The van der Waals surface area contributed by atoms with Crippen molar-refractivity contribution in [3.8, 4) is 22.6 Å². The van der Waals surface area contributed by atoms with E-state index in [0.29, 0.717) is 27.9 Å². The van der Waals surface area contributed by atoms with Gasteiger partial charge < -0.3 is 9.55 Å². The van der Waals surface area contributed by atoms with Crippen LogP contribution in [0.3, 0.4) is 0 Å². The standard InChI is InChI=1S/C25H20F3N5O3S/c1-32-14-22(25(26,27)28)31-23(32)16-9-7-15(8-10-16)13-33-20-11-18(29-12-19(20)30-24(33)34)17-5-3-4-6-21(17)37(2,35)36/h3-12,14H,13H2,1-2H3,(H,30,34). The van der Waals surface area contributed by atoms with Crippen LogP contribution in [0.1, 0.15) is 11.3 Å². The van der Waals surface area contributed by atoms with Gasteiger partial charge in [0.25, 0.3) is 0 Å². The van der Waals surface area contributed by atoms with Crippen molar-refractivity contribution in [2.75, 3.05) is 6.26 Å². The lowest BCUT2D eigenvalue weighted by atomic mass is 10.1. The molecule has 0 fully saturated rings. The maximum Gasteiger partial charge on any atom is 0.434 e. The Morgan fingerprint density at radius 2 is 1.76 bits per heavy atom. The minimum atomic E-state index is -4.54. The lowest BCUT2D eigenvalue weighted by Gasteiger charge is -2.09. The van der Waals surface area contributed by atoms with Crippen molar-refractivity contribution < 1.29 is 21.6 Å². The summed E-state index contributed by atoms with van der Waals surface area (Å²) in [7, 11) is -2.02. The Hall–Kier alpha value is -4.19. The highest BCUT2D eigenvalue weighted by Gasteiger charge is 2.34. The van der Waals surface area contributed by atoms with E-state index < -0.39 is 21.7 Å². The number of aromatic nitrogens is 5. The molecule has 5 rings (SSSR count). The van der Waals surface area contributed by atoms with Crippen LogP contribution < -0.4 is 5.69 Å². The summed E-state index contributed by atoms with van der Waals surface area (Å²) in [5.74, 6) is 0.170. The van der Waals surface area contributed by atoms with Gasteiger partial charge in [0, 0.05) is 30.6 Å². The summed E-state index contributed by atoms with van der Waals surface area (Å²) in [6.07, 6.45) is -1.01. The van der Waals surface area contributed by atoms with E-state index in [0.717, 1.165) is 18.0 Å². The average Bonchev–Trinajstić information content (AvgIpc) is 3.38. The fourth-order valence-electron chi connectivity index (χ4n) is 4.18. The number of rotatable bonds is 5. The molecule has 1 N–H and O–H groups in total. The van der Waals surface area contributed by atoms with Crippen LogP contribution in [-0.2, 0) is 29.6 Å². The van der Waals surface area contributed by atoms with Crippen LogP contribution in [0.25, 0.3) is 33.7 Å². The monoisotopic (exact) mass is 527 g/mol. The minimum Gasteiger partial charge on any atom is -0.333 e. The van der Waals surface area contributed by atoms with Gasteiger partial charge in [-0.15, -0.1) is 0 Å². The van der Waals surface area contributed by atoms with E-state index in [1.807, 2.05) is 0 Å². The van der Waals surface area contributed by atoms with Crippen molar-refractivity contribution in [3.05, 3.63) is 88.7 Å². The fourth-order valence-corrected chi connectivity index (χ4v) is 5.07. The van der Waals surface area contributed by atoms with Crippen LogP contribution >= 0.6 is 0 Å². The number of fused-ring (bicyclic) bond motifs is 1.